The Balaban J connectivity index is 1.23. The van der Waals surface area contributed by atoms with E-state index < -0.39 is 15.4 Å². The second kappa shape index (κ2) is 11.1. The molecule has 6 rings (SSSR count). The summed E-state index contributed by atoms with van der Waals surface area (Å²) in [5, 5.41) is 6.97. The van der Waals surface area contributed by atoms with Gasteiger partial charge in [-0.15, -0.1) is 5.10 Å². The van der Waals surface area contributed by atoms with E-state index in [2.05, 4.69) is 37.0 Å². The number of sulfone groups is 1. The molecular weight excluding hydrogens is 556 g/mol. The van der Waals surface area contributed by atoms with E-state index in [0.29, 0.717) is 23.0 Å². The summed E-state index contributed by atoms with van der Waals surface area (Å²) >= 11 is 0. The standard InChI is InChI=1S/C29H36N8O4S/c1-20-5-8-25(21(2)17-20)42(40,41)29-27-30-28(39)23-7-6-22(18-24(23)37(27)32-31-29)35-15-12-34(13-16-35)19-26(38)36-10-4-9-33(3)11-14-36/h5-8,17-18,32H,4,9-16,19H2,1-3H3. The van der Waals surface area contributed by atoms with Crippen molar-refractivity contribution in [3.8, 4) is 0 Å². The fourth-order valence-corrected chi connectivity index (χ4v) is 7.41. The van der Waals surface area contributed by atoms with E-state index in [1.54, 1.807) is 31.2 Å². The van der Waals surface area contributed by atoms with Gasteiger partial charge in [0, 0.05) is 51.5 Å². The minimum atomic E-state index is -4.03. The molecule has 0 spiro atoms. The molecule has 4 aromatic rings. The topological polar surface area (TPSA) is 127 Å². The Morgan fingerprint density at radius 1 is 0.952 bits per heavy atom. The molecule has 1 N–H and O–H groups in total. The van der Waals surface area contributed by atoms with Crippen LogP contribution >= 0.6 is 0 Å². The smallest absolute Gasteiger partial charge is 0.281 e. The largest absolute Gasteiger partial charge is 0.369 e. The van der Waals surface area contributed by atoms with Crippen molar-refractivity contribution in [2.45, 2.75) is 30.2 Å². The number of benzene rings is 2. The van der Waals surface area contributed by atoms with Crippen LogP contribution < -0.4 is 10.5 Å². The fraction of sp³-hybridized carbons (Fsp3) is 0.448. The van der Waals surface area contributed by atoms with Gasteiger partial charge in [-0.25, -0.2) is 18.1 Å². The summed E-state index contributed by atoms with van der Waals surface area (Å²) in [7, 11) is -1.93. The van der Waals surface area contributed by atoms with Crippen LogP contribution in [0.1, 0.15) is 17.5 Å². The molecule has 2 saturated heterocycles. The zero-order valence-electron chi connectivity index (χ0n) is 24.2. The number of nitrogens with zero attached hydrogens (tertiary/aromatic N) is 7. The Morgan fingerprint density at radius 3 is 2.50 bits per heavy atom. The molecule has 222 valence electrons. The maximum Gasteiger partial charge on any atom is 0.281 e. The van der Waals surface area contributed by atoms with Crippen LogP contribution in [0.25, 0.3) is 16.6 Å². The lowest BCUT2D eigenvalue weighted by Gasteiger charge is -2.36. The summed E-state index contributed by atoms with van der Waals surface area (Å²) in [6.45, 7) is 10.5. The predicted molar refractivity (Wildman–Crippen MR) is 160 cm³/mol. The van der Waals surface area contributed by atoms with E-state index in [0.717, 1.165) is 70.0 Å². The quantitative estimate of drug-likeness (QED) is 0.365. The average Bonchev–Trinajstić information content (AvgIpc) is 3.27. The first kappa shape index (κ1) is 28.3. The van der Waals surface area contributed by atoms with Crippen LogP contribution in [0.5, 0.6) is 0 Å². The van der Waals surface area contributed by atoms with Gasteiger partial charge in [-0.05, 0) is 63.7 Å². The number of carbonyl (C=O) groups is 1. The number of likely N-dealkylation sites (N-methyl/N-ethyl adjacent to an activating group) is 1. The third-order valence-corrected chi connectivity index (χ3v) is 10.2. The minimum Gasteiger partial charge on any atom is -0.369 e. The zero-order valence-corrected chi connectivity index (χ0v) is 25.0. The van der Waals surface area contributed by atoms with Gasteiger partial charge in [-0.3, -0.25) is 14.5 Å². The van der Waals surface area contributed by atoms with Crippen molar-refractivity contribution in [1.82, 2.24) is 34.5 Å². The first-order valence-electron chi connectivity index (χ1n) is 14.3. The second-order valence-corrected chi connectivity index (χ2v) is 13.2. The van der Waals surface area contributed by atoms with Crippen LogP contribution in [0.2, 0.25) is 0 Å². The highest BCUT2D eigenvalue weighted by Crippen LogP contribution is 2.27. The van der Waals surface area contributed by atoms with E-state index in [9.17, 15) is 18.0 Å². The summed E-state index contributed by atoms with van der Waals surface area (Å²) in [4.78, 5) is 38.8. The Kier molecular flexibility index (Phi) is 7.50. The van der Waals surface area contributed by atoms with Crippen LogP contribution in [-0.4, -0.2) is 115 Å². The molecule has 0 atom stereocenters. The summed E-state index contributed by atoms with van der Waals surface area (Å²) in [6.07, 6.45) is 0.999. The third-order valence-electron chi connectivity index (χ3n) is 8.36. The number of rotatable bonds is 5. The second-order valence-electron chi connectivity index (χ2n) is 11.4. The number of H-pyrrole nitrogens is 1. The molecule has 0 saturated carbocycles. The van der Waals surface area contributed by atoms with Crippen LogP contribution in [0, 0.1) is 13.8 Å². The molecule has 4 heterocycles. The SMILES string of the molecule is Cc1ccc(S(=O)(=O)c2n[nH]n3c2nc(=O)c2ccc(N4CCN(CC(=O)N5CCCN(C)CC5)CC4)cc23)c(C)c1. The number of carbonyl (C=O) groups excluding carboxylic acids is 1. The average molecular weight is 593 g/mol. The molecule has 0 radical (unpaired) electrons. The first-order valence-corrected chi connectivity index (χ1v) is 15.8. The van der Waals surface area contributed by atoms with Crippen molar-refractivity contribution in [1.29, 1.82) is 0 Å². The van der Waals surface area contributed by atoms with Gasteiger partial charge in [0.25, 0.3) is 5.56 Å². The normalized spacial score (nSPS) is 17.7. The Hall–Kier alpha value is -3.81. The molecule has 13 heteroatoms. The minimum absolute atomic E-state index is 0.0346. The Labute approximate surface area is 244 Å². The van der Waals surface area contributed by atoms with Gasteiger partial charge in [-0.1, -0.05) is 17.7 Å². The van der Waals surface area contributed by atoms with Crippen molar-refractivity contribution >= 4 is 38.0 Å². The molecule has 42 heavy (non-hydrogen) atoms. The van der Waals surface area contributed by atoms with Crippen molar-refractivity contribution in [2.24, 2.45) is 0 Å². The van der Waals surface area contributed by atoms with Crippen molar-refractivity contribution < 1.29 is 13.2 Å². The summed E-state index contributed by atoms with van der Waals surface area (Å²) in [5.74, 6) is 0.185. The first-order chi connectivity index (χ1) is 20.1. The summed E-state index contributed by atoms with van der Waals surface area (Å²) in [6, 6.07) is 10.6. The maximum absolute atomic E-state index is 13.6. The predicted octanol–water partition coefficient (Wildman–Crippen LogP) is 1.31. The molecule has 0 unspecified atom stereocenters. The molecule has 2 aromatic carbocycles. The lowest BCUT2D eigenvalue weighted by atomic mass is 10.2. The van der Waals surface area contributed by atoms with E-state index in [1.165, 1.54) is 4.52 Å². The molecule has 2 aliphatic rings. The van der Waals surface area contributed by atoms with E-state index >= 15 is 0 Å². The molecule has 2 aromatic heterocycles. The highest BCUT2D eigenvalue weighted by molar-refractivity contribution is 7.91. The molecule has 1 amide bonds. The van der Waals surface area contributed by atoms with E-state index in [4.69, 9.17) is 0 Å². The number of fused-ring (bicyclic) bond motifs is 3. The molecule has 2 aliphatic heterocycles. The summed E-state index contributed by atoms with van der Waals surface area (Å²) in [5.41, 5.74) is 2.40. The molecule has 12 nitrogen and oxygen atoms in total. The van der Waals surface area contributed by atoms with Crippen molar-refractivity contribution in [3.05, 3.63) is 57.9 Å². The van der Waals surface area contributed by atoms with Crippen LogP contribution in [0.4, 0.5) is 5.69 Å². The van der Waals surface area contributed by atoms with Crippen LogP contribution in [0.15, 0.2) is 51.1 Å². The van der Waals surface area contributed by atoms with Gasteiger partial charge in [0.2, 0.25) is 20.8 Å². The van der Waals surface area contributed by atoms with Crippen LogP contribution in [0.3, 0.4) is 0 Å². The van der Waals surface area contributed by atoms with E-state index in [-0.39, 0.29) is 21.5 Å². The van der Waals surface area contributed by atoms with Crippen molar-refractivity contribution in [2.75, 3.05) is 70.9 Å². The highest BCUT2D eigenvalue weighted by Gasteiger charge is 2.28. The number of nitrogens with one attached hydrogen (secondary N) is 1. The molecular formula is C29H36N8O4S. The summed E-state index contributed by atoms with van der Waals surface area (Å²) < 4.78 is 28.6. The van der Waals surface area contributed by atoms with Gasteiger partial charge in [0.1, 0.15) is 0 Å². The lowest BCUT2D eigenvalue weighted by Crippen LogP contribution is -2.50. The number of aromatic amines is 1. The number of anilines is 1. The van der Waals surface area contributed by atoms with Gasteiger partial charge in [0.05, 0.1) is 22.3 Å². The number of aryl methyl sites for hydroxylation is 2. The Bertz CT molecular complexity index is 1820. The number of aromatic nitrogens is 4. The van der Waals surface area contributed by atoms with Gasteiger partial charge in [0.15, 0.2) is 5.65 Å². The van der Waals surface area contributed by atoms with Gasteiger partial charge in [-0.2, -0.15) is 4.98 Å². The lowest BCUT2D eigenvalue weighted by molar-refractivity contribution is -0.132. The van der Waals surface area contributed by atoms with Crippen LogP contribution in [-0.2, 0) is 14.6 Å². The van der Waals surface area contributed by atoms with Crippen molar-refractivity contribution in [3.63, 3.8) is 0 Å². The maximum atomic E-state index is 13.6. The number of piperazine rings is 1. The zero-order chi connectivity index (χ0) is 29.6. The number of hydrogen-bond acceptors (Lipinski definition) is 9. The molecule has 0 bridgehead atoms. The van der Waals surface area contributed by atoms with E-state index in [1.807, 2.05) is 24.0 Å². The Morgan fingerprint density at radius 2 is 1.74 bits per heavy atom. The van der Waals surface area contributed by atoms with Gasteiger partial charge >= 0.3 is 0 Å². The van der Waals surface area contributed by atoms with Gasteiger partial charge < -0.3 is 14.7 Å². The monoisotopic (exact) mass is 592 g/mol. The highest BCUT2D eigenvalue weighted by atomic mass is 32.2. The molecule has 0 aliphatic carbocycles. The fourth-order valence-electron chi connectivity index (χ4n) is 5.93. The molecule has 2 fully saturated rings. The number of hydrogen-bond donors (Lipinski definition) is 1. The number of amides is 1. The third kappa shape index (κ3) is 5.27.